The second-order valence-electron chi connectivity index (χ2n) is 5.93. The molecule has 1 heterocycles. The molecule has 1 aliphatic heterocycles. The second kappa shape index (κ2) is 6.36. The zero-order valence-corrected chi connectivity index (χ0v) is 13.5. The van der Waals surface area contributed by atoms with Crippen molar-refractivity contribution in [1.29, 1.82) is 0 Å². The molecule has 3 aromatic rings. The standard InChI is InChI=1S/C22H16FNO/c23-19-13-7-8-14-20(19)24-15-18(16-9-3-1-4-10-16)21(22(24)25)17-11-5-2-6-12-17/h1-14H,15H2. The Morgan fingerprint density at radius 1 is 0.720 bits per heavy atom. The SMILES string of the molecule is O=C1C(c2ccccc2)=C(c2ccccc2)CN1c1ccccc1F. The number of nitrogens with zero attached hydrogens (tertiary/aromatic N) is 1. The van der Waals surface area contributed by atoms with Gasteiger partial charge in [0.2, 0.25) is 0 Å². The summed E-state index contributed by atoms with van der Waals surface area (Å²) < 4.78 is 14.3. The predicted octanol–water partition coefficient (Wildman–Crippen LogP) is 4.78. The second-order valence-corrected chi connectivity index (χ2v) is 5.93. The Hall–Kier alpha value is -3.20. The van der Waals surface area contributed by atoms with Gasteiger partial charge in [0.15, 0.2) is 0 Å². The maximum absolute atomic E-state index is 14.3. The predicted molar refractivity (Wildman–Crippen MR) is 98.5 cm³/mol. The summed E-state index contributed by atoms with van der Waals surface area (Å²) in [5.41, 5.74) is 3.70. The number of rotatable bonds is 3. The average molecular weight is 329 g/mol. The lowest BCUT2D eigenvalue weighted by Crippen LogP contribution is -2.27. The van der Waals surface area contributed by atoms with Crippen molar-refractivity contribution < 1.29 is 9.18 Å². The molecule has 0 fully saturated rings. The minimum Gasteiger partial charge on any atom is -0.301 e. The van der Waals surface area contributed by atoms with Crippen molar-refractivity contribution in [2.24, 2.45) is 0 Å². The van der Waals surface area contributed by atoms with E-state index in [0.29, 0.717) is 17.8 Å². The van der Waals surface area contributed by atoms with Gasteiger partial charge >= 0.3 is 0 Å². The molecule has 25 heavy (non-hydrogen) atoms. The van der Waals surface area contributed by atoms with Gasteiger partial charge < -0.3 is 4.90 Å². The minimum atomic E-state index is -0.391. The molecule has 0 saturated heterocycles. The van der Waals surface area contributed by atoms with Crippen LogP contribution in [0.15, 0.2) is 84.9 Å². The fraction of sp³-hybridized carbons (Fsp3) is 0.0455. The van der Waals surface area contributed by atoms with Crippen LogP contribution in [0.1, 0.15) is 11.1 Å². The maximum Gasteiger partial charge on any atom is 0.259 e. The number of anilines is 1. The Morgan fingerprint density at radius 2 is 1.28 bits per heavy atom. The quantitative estimate of drug-likeness (QED) is 0.677. The molecule has 0 aromatic heterocycles. The number of benzene rings is 3. The molecule has 0 atom stereocenters. The van der Waals surface area contributed by atoms with Gasteiger partial charge in [-0.2, -0.15) is 0 Å². The van der Waals surface area contributed by atoms with Gasteiger partial charge in [0.05, 0.1) is 17.8 Å². The van der Waals surface area contributed by atoms with E-state index >= 15 is 0 Å². The van der Waals surface area contributed by atoms with Gasteiger partial charge in [0.25, 0.3) is 5.91 Å². The summed E-state index contributed by atoms with van der Waals surface area (Å²) in [6.45, 7) is 0.355. The van der Waals surface area contributed by atoms with E-state index in [1.54, 1.807) is 18.2 Å². The Balaban J connectivity index is 1.86. The lowest BCUT2D eigenvalue weighted by molar-refractivity contribution is -0.112. The molecule has 0 aliphatic carbocycles. The molecule has 0 bridgehead atoms. The first kappa shape index (κ1) is 15.3. The van der Waals surface area contributed by atoms with E-state index in [-0.39, 0.29) is 5.91 Å². The van der Waals surface area contributed by atoms with Crippen LogP contribution in [0.25, 0.3) is 11.1 Å². The highest BCUT2D eigenvalue weighted by molar-refractivity contribution is 6.36. The van der Waals surface area contributed by atoms with E-state index < -0.39 is 5.82 Å². The zero-order chi connectivity index (χ0) is 17.2. The van der Waals surface area contributed by atoms with Gasteiger partial charge in [-0.15, -0.1) is 0 Å². The van der Waals surface area contributed by atoms with Crippen molar-refractivity contribution in [2.75, 3.05) is 11.4 Å². The van der Waals surface area contributed by atoms with Crippen LogP contribution in [-0.2, 0) is 4.79 Å². The van der Waals surface area contributed by atoms with Crippen LogP contribution in [-0.4, -0.2) is 12.5 Å². The van der Waals surface area contributed by atoms with Crippen molar-refractivity contribution in [3.8, 4) is 0 Å². The number of amides is 1. The number of para-hydroxylation sites is 1. The molecule has 3 aromatic carbocycles. The Bertz CT molecular complexity index is 948. The van der Waals surface area contributed by atoms with E-state index in [1.807, 2.05) is 60.7 Å². The lowest BCUT2D eigenvalue weighted by atomic mass is 9.97. The molecule has 0 radical (unpaired) electrons. The number of hydrogen-bond donors (Lipinski definition) is 0. The zero-order valence-electron chi connectivity index (χ0n) is 13.5. The fourth-order valence-corrected chi connectivity index (χ4v) is 3.22. The first-order chi connectivity index (χ1) is 12.3. The minimum absolute atomic E-state index is 0.171. The fourth-order valence-electron chi connectivity index (χ4n) is 3.22. The van der Waals surface area contributed by atoms with Gasteiger partial charge in [0, 0.05) is 0 Å². The van der Waals surface area contributed by atoms with Crippen molar-refractivity contribution >= 4 is 22.7 Å². The third kappa shape index (κ3) is 2.74. The van der Waals surface area contributed by atoms with E-state index in [2.05, 4.69) is 0 Å². The van der Waals surface area contributed by atoms with Crippen LogP contribution < -0.4 is 4.90 Å². The highest BCUT2D eigenvalue weighted by Crippen LogP contribution is 2.37. The summed E-state index contributed by atoms with van der Waals surface area (Å²) in [5, 5.41) is 0. The van der Waals surface area contributed by atoms with Gasteiger partial charge in [0.1, 0.15) is 5.82 Å². The van der Waals surface area contributed by atoms with E-state index in [4.69, 9.17) is 0 Å². The van der Waals surface area contributed by atoms with Crippen molar-refractivity contribution in [2.45, 2.75) is 0 Å². The summed E-state index contributed by atoms with van der Waals surface area (Å²) in [5.74, 6) is -0.562. The van der Waals surface area contributed by atoms with Crippen LogP contribution in [0.4, 0.5) is 10.1 Å². The smallest absolute Gasteiger partial charge is 0.259 e. The summed E-state index contributed by atoms with van der Waals surface area (Å²) >= 11 is 0. The molecule has 4 rings (SSSR count). The average Bonchev–Trinajstić information content (AvgIpc) is 3.01. The van der Waals surface area contributed by atoms with Gasteiger partial charge in [-0.3, -0.25) is 4.79 Å². The molecule has 0 saturated carbocycles. The molecular formula is C22H16FNO. The van der Waals surface area contributed by atoms with Gasteiger partial charge in [-0.05, 0) is 28.8 Å². The summed E-state index contributed by atoms with van der Waals surface area (Å²) in [7, 11) is 0. The van der Waals surface area contributed by atoms with Crippen LogP contribution in [0.2, 0.25) is 0 Å². The molecule has 3 heteroatoms. The number of hydrogen-bond acceptors (Lipinski definition) is 1. The van der Waals surface area contributed by atoms with Crippen LogP contribution in [0.3, 0.4) is 0 Å². The third-order valence-electron chi connectivity index (χ3n) is 4.40. The van der Waals surface area contributed by atoms with Crippen molar-refractivity contribution in [3.05, 3.63) is 102 Å². The number of halogens is 1. The van der Waals surface area contributed by atoms with E-state index in [1.165, 1.54) is 11.0 Å². The van der Waals surface area contributed by atoms with Crippen LogP contribution in [0, 0.1) is 5.82 Å². The lowest BCUT2D eigenvalue weighted by Gasteiger charge is -2.17. The third-order valence-corrected chi connectivity index (χ3v) is 4.40. The summed E-state index contributed by atoms with van der Waals surface area (Å²) in [6.07, 6.45) is 0. The normalized spacial score (nSPS) is 14.3. The van der Waals surface area contributed by atoms with E-state index in [9.17, 15) is 9.18 Å². The van der Waals surface area contributed by atoms with E-state index in [0.717, 1.165) is 16.7 Å². The van der Waals surface area contributed by atoms with Gasteiger partial charge in [-0.1, -0.05) is 72.8 Å². The number of carbonyl (C=O) groups excluding carboxylic acids is 1. The first-order valence-electron chi connectivity index (χ1n) is 8.16. The molecule has 122 valence electrons. The highest BCUT2D eigenvalue weighted by atomic mass is 19.1. The van der Waals surface area contributed by atoms with Crippen molar-refractivity contribution in [1.82, 2.24) is 0 Å². The first-order valence-corrected chi connectivity index (χ1v) is 8.16. The van der Waals surface area contributed by atoms with Crippen LogP contribution >= 0.6 is 0 Å². The summed E-state index contributed by atoms with van der Waals surface area (Å²) in [6, 6.07) is 25.8. The molecule has 0 N–H and O–H groups in total. The molecule has 2 nitrogen and oxygen atoms in total. The largest absolute Gasteiger partial charge is 0.301 e. The topological polar surface area (TPSA) is 20.3 Å². The highest BCUT2D eigenvalue weighted by Gasteiger charge is 2.33. The molecular weight excluding hydrogens is 313 g/mol. The molecule has 0 spiro atoms. The maximum atomic E-state index is 14.3. The number of carbonyl (C=O) groups is 1. The molecule has 1 amide bonds. The van der Waals surface area contributed by atoms with Crippen molar-refractivity contribution in [3.63, 3.8) is 0 Å². The Labute approximate surface area is 145 Å². The summed E-state index contributed by atoms with van der Waals surface area (Å²) in [4.78, 5) is 14.7. The molecule has 1 aliphatic rings. The Kier molecular flexibility index (Phi) is 3.90. The van der Waals surface area contributed by atoms with Crippen LogP contribution in [0.5, 0.6) is 0 Å². The Morgan fingerprint density at radius 3 is 1.92 bits per heavy atom. The molecule has 0 unspecified atom stereocenters. The van der Waals surface area contributed by atoms with Gasteiger partial charge in [-0.25, -0.2) is 4.39 Å². The monoisotopic (exact) mass is 329 g/mol.